The summed E-state index contributed by atoms with van der Waals surface area (Å²) in [6.07, 6.45) is -0.142. The summed E-state index contributed by atoms with van der Waals surface area (Å²) in [6.45, 7) is 5.90. The third-order valence-electron chi connectivity index (χ3n) is 2.32. The highest BCUT2D eigenvalue weighted by molar-refractivity contribution is 5.78. The lowest BCUT2D eigenvalue weighted by atomic mass is 10.2. The predicted molar refractivity (Wildman–Crippen MR) is 55.2 cm³/mol. The second-order valence-corrected chi connectivity index (χ2v) is 3.47. The molecule has 0 amide bonds. The number of aliphatic hydroxyl groups is 1. The Kier molecular flexibility index (Phi) is 4.16. The Bertz CT molecular complexity index is 208. The van der Waals surface area contributed by atoms with E-state index in [1.165, 1.54) is 0 Å². The molecule has 0 aromatic carbocycles. The van der Waals surface area contributed by atoms with Crippen LogP contribution in [0.4, 0.5) is 0 Å². The van der Waals surface area contributed by atoms with E-state index in [4.69, 9.17) is 15.6 Å². The number of aliphatic imine (C=N–C) groups is 1. The van der Waals surface area contributed by atoms with Crippen molar-refractivity contribution in [2.75, 3.05) is 26.3 Å². The molecule has 1 aliphatic heterocycles. The second kappa shape index (κ2) is 5.17. The van der Waals surface area contributed by atoms with Gasteiger partial charge in [0.2, 0.25) is 0 Å². The van der Waals surface area contributed by atoms with Crippen molar-refractivity contribution < 1.29 is 9.84 Å². The standard InChI is InChI=1S/C9H19N3O2/c1-3-11-9(10)12-4-8(5-13)14-6-7(12)2/h7-8,13H,3-6H2,1-2H3,(H2,10,11). The molecule has 0 aromatic heterocycles. The molecule has 0 aromatic rings. The summed E-state index contributed by atoms with van der Waals surface area (Å²) in [6, 6.07) is 0.230. The molecular formula is C9H19N3O2. The Morgan fingerprint density at radius 3 is 3.00 bits per heavy atom. The number of aliphatic hydroxyl groups excluding tert-OH is 1. The van der Waals surface area contributed by atoms with Crippen molar-refractivity contribution >= 4 is 5.96 Å². The molecule has 2 unspecified atom stereocenters. The molecule has 1 rings (SSSR count). The van der Waals surface area contributed by atoms with Crippen molar-refractivity contribution in [1.82, 2.24) is 4.90 Å². The van der Waals surface area contributed by atoms with Gasteiger partial charge in [-0.3, -0.25) is 4.99 Å². The van der Waals surface area contributed by atoms with Crippen molar-refractivity contribution in [3.05, 3.63) is 0 Å². The van der Waals surface area contributed by atoms with Crippen LogP contribution in [-0.2, 0) is 4.74 Å². The van der Waals surface area contributed by atoms with E-state index in [1.807, 2.05) is 18.7 Å². The molecule has 82 valence electrons. The molecule has 14 heavy (non-hydrogen) atoms. The molecule has 5 nitrogen and oxygen atoms in total. The van der Waals surface area contributed by atoms with Crippen LogP contribution in [0.1, 0.15) is 13.8 Å². The average molecular weight is 201 g/mol. The number of morpholine rings is 1. The minimum absolute atomic E-state index is 0.0304. The predicted octanol–water partition coefficient (Wildman–Crippen LogP) is -0.597. The largest absolute Gasteiger partial charge is 0.394 e. The molecule has 1 heterocycles. The maximum Gasteiger partial charge on any atom is 0.191 e. The molecule has 0 saturated carbocycles. The third-order valence-corrected chi connectivity index (χ3v) is 2.32. The lowest BCUT2D eigenvalue weighted by Gasteiger charge is -2.38. The van der Waals surface area contributed by atoms with Crippen molar-refractivity contribution in [1.29, 1.82) is 0 Å². The summed E-state index contributed by atoms with van der Waals surface area (Å²) >= 11 is 0. The van der Waals surface area contributed by atoms with Crippen LogP contribution in [0, 0.1) is 0 Å². The number of hydrogen-bond acceptors (Lipinski definition) is 3. The quantitative estimate of drug-likeness (QED) is 0.462. The number of nitrogens with zero attached hydrogens (tertiary/aromatic N) is 2. The van der Waals surface area contributed by atoms with Crippen molar-refractivity contribution in [3.8, 4) is 0 Å². The van der Waals surface area contributed by atoms with Gasteiger partial charge in [0.1, 0.15) is 0 Å². The third kappa shape index (κ3) is 2.59. The Hall–Kier alpha value is -0.810. The number of hydrogen-bond donors (Lipinski definition) is 2. The minimum atomic E-state index is -0.142. The first-order valence-electron chi connectivity index (χ1n) is 4.98. The maximum atomic E-state index is 8.97. The number of nitrogens with two attached hydrogens (primary N) is 1. The number of ether oxygens (including phenoxy) is 1. The van der Waals surface area contributed by atoms with Crippen LogP contribution in [0.2, 0.25) is 0 Å². The molecule has 1 aliphatic rings. The summed E-state index contributed by atoms with van der Waals surface area (Å²) in [5.74, 6) is 0.543. The van der Waals surface area contributed by atoms with Crippen LogP contribution in [0.25, 0.3) is 0 Å². The Morgan fingerprint density at radius 2 is 2.43 bits per heavy atom. The highest BCUT2D eigenvalue weighted by Gasteiger charge is 2.26. The van der Waals surface area contributed by atoms with Crippen molar-refractivity contribution in [3.63, 3.8) is 0 Å². The van der Waals surface area contributed by atoms with E-state index < -0.39 is 0 Å². The van der Waals surface area contributed by atoms with Gasteiger partial charge in [0, 0.05) is 13.1 Å². The summed E-state index contributed by atoms with van der Waals surface area (Å²) < 4.78 is 5.40. The first kappa shape index (κ1) is 11.3. The fraction of sp³-hybridized carbons (Fsp3) is 0.889. The molecule has 0 bridgehead atoms. The van der Waals surface area contributed by atoms with Crippen LogP contribution >= 0.6 is 0 Å². The molecule has 0 radical (unpaired) electrons. The van der Waals surface area contributed by atoms with Gasteiger partial charge >= 0.3 is 0 Å². The molecular weight excluding hydrogens is 182 g/mol. The normalized spacial score (nSPS) is 29.4. The van der Waals surface area contributed by atoms with E-state index >= 15 is 0 Å². The Labute approximate surface area is 84.6 Å². The average Bonchev–Trinajstić information content (AvgIpc) is 2.19. The van der Waals surface area contributed by atoms with Gasteiger partial charge in [0.15, 0.2) is 5.96 Å². The Balaban J connectivity index is 2.60. The zero-order valence-electron chi connectivity index (χ0n) is 8.81. The monoisotopic (exact) mass is 201 g/mol. The van der Waals surface area contributed by atoms with Crippen LogP contribution in [0.3, 0.4) is 0 Å². The van der Waals surface area contributed by atoms with Crippen LogP contribution in [-0.4, -0.2) is 54.4 Å². The molecule has 1 fully saturated rings. The van der Waals surface area contributed by atoms with Gasteiger partial charge in [-0.1, -0.05) is 0 Å². The van der Waals surface area contributed by atoms with Crippen LogP contribution in [0.5, 0.6) is 0 Å². The minimum Gasteiger partial charge on any atom is -0.394 e. The van der Waals surface area contributed by atoms with E-state index in [1.54, 1.807) is 0 Å². The zero-order valence-corrected chi connectivity index (χ0v) is 8.81. The highest BCUT2D eigenvalue weighted by Crippen LogP contribution is 2.10. The van der Waals surface area contributed by atoms with E-state index in [0.717, 1.165) is 0 Å². The fourth-order valence-corrected chi connectivity index (χ4v) is 1.50. The van der Waals surface area contributed by atoms with Crippen LogP contribution < -0.4 is 5.73 Å². The van der Waals surface area contributed by atoms with Gasteiger partial charge in [-0.05, 0) is 13.8 Å². The molecule has 2 atom stereocenters. The van der Waals surface area contributed by atoms with Gasteiger partial charge in [-0.2, -0.15) is 0 Å². The molecule has 0 spiro atoms. The van der Waals surface area contributed by atoms with Crippen LogP contribution in [0.15, 0.2) is 4.99 Å². The molecule has 3 N–H and O–H groups in total. The van der Waals surface area contributed by atoms with Crippen molar-refractivity contribution in [2.45, 2.75) is 26.0 Å². The van der Waals surface area contributed by atoms with E-state index in [-0.39, 0.29) is 18.8 Å². The van der Waals surface area contributed by atoms with E-state index in [2.05, 4.69) is 4.99 Å². The first-order chi connectivity index (χ1) is 6.69. The fourth-order valence-electron chi connectivity index (χ4n) is 1.50. The summed E-state index contributed by atoms with van der Waals surface area (Å²) in [5.41, 5.74) is 5.81. The topological polar surface area (TPSA) is 71.1 Å². The van der Waals surface area contributed by atoms with Gasteiger partial charge in [-0.15, -0.1) is 0 Å². The van der Waals surface area contributed by atoms with Gasteiger partial charge in [0.25, 0.3) is 0 Å². The second-order valence-electron chi connectivity index (χ2n) is 3.47. The summed E-state index contributed by atoms with van der Waals surface area (Å²) in [4.78, 5) is 6.13. The van der Waals surface area contributed by atoms with Gasteiger partial charge < -0.3 is 20.5 Å². The maximum absolute atomic E-state index is 8.97. The zero-order chi connectivity index (χ0) is 10.6. The summed E-state index contributed by atoms with van der Waals surface area (Å²) in [7, 11) is 0. The lowest BCUT2D eigenvalue weighted by Crippen LogP contribution is -2.54. The highest BCUT2D eigenvalue weighted by atomic mass is 16.5. The Morgan fingerprint density at radius 1 is 1.71 bits per heavy atom. The SMILES string of the molecule is CCN=C(N)N1CC(CO)OCC1C. The van der Waals surface area contributed by atoms with E-state index in [0.29, 0.717) is 25.7 Å². The molecule has 1 saturated heterocycles. The smallest absolute Gasteiger partial charge is 0.191 e. The van der Waals surface area contributed by atoms with E-state index in [9.17, 15) is 0 Å². The van der Waals surface area contributed by atoms with Gasteiger partial charge in [0.05, 0.1) is 25.4 Å². The number of rotatable bonds is 2. The van der Waals surface area contributed by atoms with Gasteiger partial charge in [-0.25, -0.2) is 0 Å². The molecule has 5 heteroatoms. The molecule has 0 aliphatic carbocycles. The first-order valence-corrected chi connectivity index (χ1v) is 4.98. The summed E-state index contributed by atoms with van der Waals surface area (Å²) in [5, 5.41) is 8.97. The van der Waals surface area contributed by atoms with Crippen molar-refractivity contribution in [2.24, 2.45) is 10.7 Å². The lowest BCUT2D eigenvalue weighted by molar-refractivity contribution is -0.0564. The number of guanidine groups is 1.